The van der Waals surface area contributed by atoms with Gasteiger partial charge in [-0.25, -0.2) is 4.98 Å². The van der Waals surface area contributed by atoms with Gasteiger partial charge in [-0.2, -0.15) is 0 Å². The second-order valence-corrected chi connectivity index (χ2v) is 4.01. The number of anilines is 1. The molecule has 0 bridgehead atoms. The Morgan fingerprint density at radius 1 is 1.25 bits per heavy atom. The molecule has 2 rings (SSSR count). The molecule has 16 heavy (non-hydrogen) atoms. The number of para-hydroxylation sites is 1. The van der Waals surface area contributed by atoms with Crippen LogP contribution in [0.4, 0.5) is 5.82 Å². The first-order valence-electron chi connectivity index (χ1n) is 5.62. The van der Waals surface area contributed by atoms with Crippen LogP contribution in [-0.2, 0) is 0 Å². The molecular weight excluding hydrogens is 198 g/mol. The van der Waals surface area contributed by atoms with Crippen molar-refractivity contribution in [3.8, 4) is 0 Å². The second kappa shape index (κ2) is 4.94. The van der Waals surface area contributed by atoms with E-state index in [1.54, 1.807) is 0 Å². The highest BCUT2D eigenvalue weighted by Crippen LogP contribution is 2.15. The van der Waals surface area contributed by atoms with Crippen molar-refractivity contribution < 1.29 is 0 Å². The number of fused-ring (bicyclic) bond motifs is 1. The highest BCUT2D eigenvalue weighted by Gasteiger charge is 2.02. The minimum absolute atomic E-state index is 0.360. The van der Waals surface area contributed by atoms with Crippen LogP contribution in [-0.4, -0.2) is 17.6 Å². The average Bonchev–Trinajstić information content (AvgIpc) is 2.29. The van der Waals surface area contributed by atoms with Crippen molar-refractivity contribution in [2.24, 2.45) is 5.73 Å². The molecule has 0 saturated carbocycles. The van der Waals surface area contributed by atoms with Gasteiger partial charge in [-0.15, -0.1) is 0 Å². The molecule has 1 atom stereocenters. The Hall–Kier alpha value is -1.61. The third-order valence-corrected chi connectivity index (χ3v) is 2.59. The van der Waals surface area contributed by atoms with Gasteiger partial charge in [-0.05, 0) is 38.1 Å². The zero-order valence-electron chi connectivity index (χ0n) is 9.48. The average molecular weight is 215 g/mol. The first-order valence-corrected chi connectivity index (χ1v) is 5.62. The fourth-order valence-corrected chi connectivity index (χ4v) is 1.72. The number of hydrogen-bond acceptors (Lipinski definition) is 3. The molecule has 1 aromatic carbocycles. The van der Waals surface area contributed by atoms with Gasteiger partial charge in [0.15, 0.2) is 0 Å². The lowest BCUT2D eigenvalue weighted by molar-refractivity contribution is 0.714. The maximum absolute atomic E-state index is 5.51. The summed E-state index contributed by atoms with van der Waals surface area (Å²) in [6, 6.07) is 12.6. The Labute approximate surface area is 95.7 Å². The van der Waals surface area contributed by atoms with Crippen molar-refractivity contribution >= 4 is 16.7 Å². The molecule has 2 aromatic rings. The van der Waals surface area contributed by atoms with E-state index in [0.717, 1.165) is 17.8 Å². The lowest BCUT2D eigenvalue weighted by atomic mass is 10.2. The number of aromatic nitrogens is 1. The normalized spacial score (nSPS) is 12.6. The van der Waals surface area contributed by atoms with Crippen LogP contribution in [0, 0.1) is 0 Å². The van der Waals surface area contributed by atoms with Crippen molar-refractivity contribution in [3.63, 3.8) is 0 Å². The van der Waals surface area contributed by atoms with Crippen molar-refractivity contribution in [1.82, 2.24) is 4.98 Å². The van der Waals surface area contributed by atoms with Gasteiger partial charge in [-0.1, -0.05) is 18.2 Å². The molecule has 0 spiro atoms. The molecule has 3 nitrogen and oxygen atoms in total. The van der Waals surface area contributed by atoms with Gasteiger partial charge in [0.25, 0.3) is 0 Å². The van der Waals surface area contributed by atoms with E-state index in [2.05, 4.69) is 29.4 Å². The lowest BCUT2D eigenvalue weighted by Crippen LogP contribution is -2.19. The first kappa shape index (κ1) is 10.9. The second-order valence-electron chi connectivity index (χ2n) is 4.01. The van der Waals surface area contributed by atoms with Gasteiger partial charge in [0, 0.05) is 11.4 Å². The summed E-state index contributed by atoms with van der Waals surface area (Å²) < 4.78 is 0. The summed E-state index contributed by atoms with van der Waals surface area (Å²) in [5.41, 5.74) is 6.53. The number of nitrogens with zero attached hydrogens (tertiary/aromatic N) is 1. The topological polar surface area (TPSA) is 50.9 Å². The minimum Gasteiger partial charge on any atom is -0.368 e. The number of nitrogens with two attached hydrogens (primary N) is 1. The van der Waals surface area contributed by atoms with E-state index < -0.39 is 0 Å². The van der Waals surface area contributed by atoms with Crippen molar-refractivity contribution in [2.75, 3.05) is 11.9 Å². The fourth-order valence-electron chi connectivity index (χ4n) is 1.72. The standard InChI is InChI=1S/C13H17N3/c1-10(8-9-14)15-13-7-6-11-4-2-3-5-12(11)16-13/h2-7,10H,8-9,14H2,1H3,(H,15,16). The van der Waals surface area contributed by atoms with Crippen LogP contribution in [0.1, 0.15) is 13.3 Å². The monoisotopic (exact) mass is 215 g/mol. The van der Waals surface area contributed by atoms with E-state index in [1.807, 2.05) is 24.3 Å². The van der Waals surface area contributed by atoms with Gasteiger partial charge >= 0.3 is 0 Å². The van der Waals surface area contributed by atoms with E-state index in [1.165, 1.54) is 5.39 Å². The molecule has 0 radical (unpaired) electrons. The zero-order chi connectivity index (χ0) is 11.4. The molecule has 1 aromatic heterocycles. The third-order valence-electron chi connectivity index (χ3n) is 2.59. The van der Waals surface area contributed by atoms with Crippen LogP contribution in [0.5, 0.6) is 0 Å². The largest absolute Gasteiger partial charge is 0.368 e. The summed E-state index contributed by atoms with van der Waals surface area (Å²) in [7, 11) is 0. The Balaban J connectivity index is 2.19. The molecule has 1 unspecified atom stereocenters. The highest BCUT2D eigenvalue weighted by atomic mass is 15.0. The van der Waals surface area contributed by atoms with Gasteiger partial charge in [0.05, 0.1) is 5.52 Å². The Kier molecular flexibility index (Phi) is 3.37. The third kappa shape index (κ3) is 2.49. The van der Waals surface area contributed by atoms with Gasteiger partial charge in [0.2, 0.25) is 0 Å². The van der Waals surface area contributed by atoms with Crippen molar-refractivity contribution in [3.05, 3.63) is 36.4 Å². The van der Waals surface area contributed by atoms with Crippen molar-refractivity contribution in [1.29, 1.82) is 0 Å². The number of hydrogen-bond donors (Lipinski definition) is 2. The molecule has 84 valence electrons. The molecule has 0 aliphatic heterocycles. The molecule has 0 aliphatic rings. The molecule has 0 saturated heterocycles. The van der Waals surface area contributed by atoms with Crippen molar-refractivity contribution in [2.45, 2.75) is 19.4 Å². The smallest absolute Gasteiger partial charge is 0.126 e. The van der Waals surface area contributed by atoms with E-state index in [0.29, 0.717) is 12.6 Å². The van der Waals surface area contributed by atoms with Crippen LogP contribution in [0.25, 0.3) is 10.9 Å². The molecule has 1 heterocycles. The summed E-state index contributed by atoms with van der Waals surface area (Å²) in [4.78, 5) is 4.55. The summed E-state index contributed by atoms with van der Waals surface area (Å²) >= 11 is 0. The van der Waals surface area contributed by atoms with Crippen LogP contribution in [0.3, 0.4) is 0 Å². The minimum atomic E-state index is 0.360. The van der Waals surface area contributed by atoms with Gasteiger partial charge in [-0.3, -0.25) is 0 Å². The van der Waals surface area contributed by atoms with Crippen LogP contribution >= 0.6 is 0 Å². The fraction of sp³-hybridized carbons (Fsp3) is 0.308. The molecule has 0 aliphatic carbocycles. The highest BCUT2D eigenvalue weighted by molar-refractivity contribution is 5.80. The quantitative estimate of drug-likeness (QED) is 0.823. The lowest BCUT2D eigenvalue weighted by Gasteiger charge is -2.13. The van der Waals surface area contributed by atoms with Crippen LogP contribution in [0.15, 0.2) is 36.4 Å². The van der Waals surface area contributed by atoms with E-state index in [9.17, 15) is 0 Å². The number of pyridine rings is 1. The number of benzene rings is 1. The van der Waals surface area contributed by atoms with Crippen LogP contribution in [0.2, 0.25) is 0 Å². The Morgan fingerprint density at radius 2 is 2.06 bits per heavy atom. The SMILES string of the molecule is CC(CCN)Nc1ccc2ccccc2n1. The van der Waals surface area contributed by atoms with E-state index >= 15 is 0 Å². The summed E-state index contributed by atoms with van der Waals surface area (Å²) in [5, 5.41) is 4.51. The number of rotatable bonds is 4. The molecule has 0 amide bonds. The zero-order valence-corrected chi connectivity index (χ0v) is 9.48. The van der Waals surface area contributed by atoms with Gasteiger partial charge < -0.3 is 11.1 Å². The Bertz CT molecular complexity index is 467. The summed E-state index contributed by atoms with van der Waals surface area (Å²) in [5.74, 6) is 0.916. The first-order chi connectivity index (χ1) is 7.79. The van der Waals surface area contributed by atoms with Gasteiger partial charge in [0.1, 0.15) is 5.82 Å². The van der Waals surface area contributed by atoms with E-state index in [-0.39, 0.29) is 0 Å². The summed E-state index contributed by atoms with van der Waals surface area (Å²) in [6.45, 7) is 2.81. The molecular formula is C13H17N3. The summed E-state index contributed by atoms with van der Waals surface area (Å²) in [6.07, 6.45) is 0.953. The Morgan fingerprint density at radius 3 is 2.88 bits per heavy atom. The van der Waals surface area contributed by atoms with Crippen LogP contribution < -0.4 is 11.1 Å². The molecule has 3 heteroatoms. The molecule has 3 N–H and O–H groups in total. The molecule has 0 fully saturated rings. The predicted molar refractivity (Wildman–Crippen MR) is 68.5 cm³/mol. The predicted octanol–water partition coefficient (Wildman–Crippen LogP) is 2.38. The maximum atomic E-state index is 5.51. The maximum Gasteiger partial charge on any atom is 0.126 e. The van der Waals surface area contributed by atoms with E-state index in [4.69, 9.17) is 5.73 Å². The number of nitrogens with one attached hydrogen (secondary N) is 1.